The summed E-state index contributed by atoms with van der Waals surface area (Å²) in [5.41, 5.74) is 1.59. The first-order valence-corrected chi connectivity index (χ1v) is 6.56. The highest BCUT2D eigenvalue weighted by molar-refractivity contribution is 5.94. The van der Waals surface area contributed by atoms with E-state index in [0.717, 1.165) is 12.0 Å². The Kier molecular flexibility index (Phi) is 5.06. The Morgan fingerprint density at radius 3 is 2.90 bits per heavy atom. The molecular formula is C15H17N3O2. The predicted molar refractivity (Wildman–Crippen MR) is 76.6 cm³/mol. The van der Waals surface area contributed by atoms with Gasteiger partial charge in [-0.2, -0.15) is 0 Å². The second kappa shape index (κ2) is 7.23. The minimum absolute atomic E-state index is 0.350. The van der Waals surface area contributed by atoms with Crippen molar-refractivity contribution < 1.29 is 9.53 Å². The number of carbonyl (C=O) groups is 1. The van der Waals surface area contributed by atoms with Gasteiger partial charge in [-0.3, -0.25) is 4.98 Å². The molecule has 2 aromatic rings. The summed E-state index contributed by atoms with van der Waals surface area (Å²) in [6.45, 7) is 2.81. The first-order chi connectivity index (χ1) is 9.81. The van der Waals surface area contributed by atoms with E-state index in [0.29, 0.717) is 24.5 Å². The quantitative estimate of drug-likeness (QED) is 0.817. The molecular weight excluding hydrogens is 254 g/mol. The molecule has 0 bridgehead atoms. The van der Waals surface area contributed by atoms with Crippen molar-refractivity contribution in [2.45, 2.75) is 13.3 Å². The standard InChI is InChI=1S/C15H17N3O2/c1-2-20-15(19)13-6-4-9-17-14(13)18-10-7-12-5-3-8-16-11-12/h3-6,8-9,11H,2,7,10H2,1H3,(H,17,18). The number of anilines is 1. The molecule has 0 aromatic carbocycles. The Labute approximate surface area is 118 Å². The van der Waals surface area contributed by atoms with E-state index >= 15 is 0 Å². The molecule has 5 nitrogen and oxygen atoms in total. The lowest BCUT2D eigenvalue weighted by molar-refractivity contribution is 0.0527. The van der Waals surface area contributed by atoms with Crippen molar-refractivity contribution in [2.75, 3.05) is 18.5 Å². The van der Waals surface area contributed by atoms with Crippen LogP contribution in [0.4, 0.5) is 5.82 Å². The van der Waals surface area contributed by atoms with Crippen molar-refractivity contribution in [2.24, 2.45) is 0 Å². The van der Waals surface area contributed by atoms with Crippen molar-refractivity contribution in [1.82, 2.24) is 9.97 Å². The molecule has 0 saturated carbocycles. The minimum Gasteiger partial charge on any atom is -0.462 e. The molecule has 0 aliphatic carbocycles. The molecule has 0 fully saturated rings. The number of rotatable bonds is 6. The first kappa shape index (κ1) is 14.0. The number of pyridine rings is 2. The van der Waals surface area contributed by atoms with Gasteiger partial charge in [-0.25, -0.2) is 9.78 Å². The molecule has 0 saturated heterocycles. The van der Waals surface area contributed by atoms with Crippen molar-refractivity contribution in [1.29, 1.82) is 0 Å². The summed E-state index contributed by atoms with van der Waals surface area (Å²) >= 11 is 0. The van der Waals surface area contributed by atoms with Crippen LogP contribution in [0, 0.1) is 0 Å². The highest BCUT2D eigenvalue weighted by atomic mass is 16.5. The molecule has 104 valence electrons. The molecule has 0 amide bonds. The zero-order chi connectivity index (χ0) is 14.2. The van der Waals surface area contributed by atoms with Crippen LogP contribution in [0.3, 0.4) is 0 Å². The molecule has 5 heteroatoms. The monoisotopic (exact) mass is 271 g/mol. The number of esters is 1. The molecule has 2 heterocycles. The largest absolute Gasteiger partial charge is 0.462 e. The van der Waals surface area contributed by atoms with E-state index in [1.54, 1.807) is 31.5 Å². The van der Waals surface area contributed by atoms with E-state index in [1.807, 2.05) is 18.3 Å². The number of aromatic nitrogens is 2. The molecule has 0 radical (unpaired) electrons. The molecule has 0 unspecified atom stereocenters. The van der Waals surface area contributed by atoms with Crippen LogP contribution in [-0.2, 0) is 11.2 Å². The summed E-state index contributed by atoms with van der Waals surface area (Å²) in [6, 6.07) is 7.34. The average molecular weight is 271 g/mol. The van der Waals surface area contributed by atoms with E-state index < -0.39 is 0 Å². The van der Waals surface area contributed by atoms with Gasteiger partial charge in [-0.15, -0.1) is 0 Å². The maximum Gasteiger partial charge on any atom is 0.341 e. The molecule has 0 spiro atoms. The third kappa shape index (κ3) is 3.78. The first-order valence-electron chi connectivity index (χ1n) is 6.56. The van der Waals surface area contributed by atoms with Gasteiger partial charge in [0.15, 0.2) is 0 Å². The van der Waals surface area contributed by atoms with Gasteiger partial charge in [0.05, 0.1) is 6.61 Å². The smallest absolute Gasteiger partial charge is 0.341 e. The summed E-state index contributed by atoms with van der Waals surface area (Å²) in [4.78, 5) is 20.0. The van der Waals surface area contributed by atoms with Crippen molar-refractivity contribution >= 4 is 11.8 Å². The molecule has 0 aliphatic heterocycles. The van der Waals surface area contributed by atoms with E-state index in [-0.39, 0.29) is 5.97 Å². The topological polar surface area (TPSA) is 64.1 Å². The van der Waals surface area contributed by atoms with Crippen LogP contribution in [0.15, 0.2) is 42.9 Å². The predicted octanol–water partition coefficient (Wildman–Crippen LogP) is 2.31. The van der Waals surface area contributed by atoms with Crippen LogP contribution in [0.25, 0.3) is 0 Å². The van der Waals surface area contributed by atoms with Crippen molar-refractivity contribution in [3.63, 3.8) is 0 Å². The van der Waals surface area contributed by atoms with Gasteiger partial charge in [0.2, 0.25) is 0 Å². The molecule has 2 aromatic heterocycles. The summed E-state index contributed by atoms with van der Waals surface area (Å²) in [7, 11) is 0. The number of carbonyl (C=O) groups excluding carboxylic acids is 1. The molecule has 0 aliphatic rings. The minimum atomic E-state index is -0.357. The van der Waals surface area contributed by atoms with E-state index in [4.69, 9.17) is 4.74 Å². The van der Waals surface area contributed by atoms with Gasteiger partial charge in [0, 0.05) is 25.1 Å². The van der Waals surface area contributed by atoms with Crippen LogP contribution >= 0.6 is 0 Å². The van der Waals surface area contributed by atoms with Gasteiger partial charge in [-0.1, -0.05) is 6.07 Å². The zero-order valence-electron chi connectivity index (χ0n) is 11.4. The maximum atomic E-state index is 11.8. The van der Waals surface area contributed by atoms with E-state index in [2.05, 4.69) is 15.3 Å². The highest BCUT2D eigenvalue weighted by Crippen LogP contribution is 2.13. The normalized spacial score (nSPS) is 10.1. The van der Waals surface area contributed by atoms with Crippen molar-refractivity contribution in [3.8, 4) is 0 Å². The van der Waals surface area contributed by atoms with Gasteiger partial charge < -0.3 is 10.1 Å². The number of hydrogen-bond acceptors (Lipinski definition) is 5. The van der Waals surface area contributed by atoms with Crippen LogP contribution < -0.4 is 5.32 Å². The number of nitrogens with one attached hydrogen (secondary N) is 1. The lowest BCUT2D eigenvalue weighted by Gasteiger charge is -2.09. The van der Waals surface area contributed by atoms with Crippen LogP contribution in [0.5, 0.6) is 0 Å². The third-order valence-electron chi connectivity index (χ3n) is 2.73. The zero-order valence-corrected chi connectivity index (χ0v) is 11.4. The third-order valence-corrected chi connectivity index (χ3v) is 2.73. The second-order valence-electron chi connectivity index (χ2n) is 4.16. The number of nitrogens with zero attached hydrogens (tertiary/aromatic N) is 2. The Bertz CT molecular complexity index is 558. The Hall–Kier alpha value is -2.43. The van der Waals surface area contributed by atoms with Crippen LogP contribution in [-0.4, -0.2) is 29.1 Å². The Morgan fingerprint density at radius 2 is 2.15 bits per heavy atom. The van der Waals surface area contributed by atoms with Crippen molar-refractivity contribution in [3.05, 3.63) is 54.0 Å². The number of hydrogen-bond donors (Lipinski definition) is 1. The van der Waals surface area contributed by atoms with Crippen LogP contribution in [0.1, 0.15) is 22.8 Å². The van der Waals surface area contributed by atoms with E-state index in [1.165, 1.54) is 0 Å². The fraction of sp³-hybridized carbons (Fsp3) is 0.267. The lowest BCUT2D eigenvalue weighted by atomic mass is 10.2. The molecule has 0 atom stereocenters. The summed E-state index contributed by atoms with van der Waals surface area (Å²) in [5, 5.41) is 3.16. The number of ether oxygens (including phenoxy) is 1. The van der Waals surface area contributed by atoms with Gasteiger partial charge in [-0.05, 0) is 37.1 Å². The van der Waals surface area contributed by atoms with E-state index in [9.17, 15) is 4.79 Å². The molecule has 20 heavy (non-hydrogen) atoms. The molecule has 2 rings (SSSR count). The Morgan fingerprint density at radius 1 is 1.30 bits per heavy atom. The summed E-state index contributed by atoms with van der Waals surface area (Å²) < 4.78 is 5.00. The fourth-order valence-electron chi connectivity index (χ4n) is 1.79. The lowest BCUT2D eigenvalue weighted by Crippen LogP contribution is -2.13. The fourth-order valence-corrected chi connectivity index (χ4v) is 1.79. The van der Waals surface area contributed by atoms with Gasteiger partial charge >= 0.3 is 5.97 Å². The maximum absolute atomic E-state index is 11.8. The summed E-state index contributed by atoms with van der Waals surface area (Å²) in [6.07, 6.45) is 6.03. The molecule has 1 N–H and O–H groups in total. The Balaban J connectivity index is 1.97. The van der Waals surface area contributed by atoms with Crippen LogP contribution in [0.2, 0.25) is 0 Å². The highest BCUT2D eigenvalue weighted by Gasteiger charge is 2.12. The van der Waals surface area contributed by atoms with Gasteiger partial charge in [0.1, 0.15) is 11.4 Å². The average Bonchev–Trinajstić information content (AvgIpc) is 2.49. The SMILES string of the molecule is CCOC(=O)c1cccnc1NCCc1cccnc1. The summed E-state index contributed by atoms with van der Waals surface area (Å²) in [5.74, 6) is 0.194. The van der Waals surface area contributed by atoms with Gasteiger partial charge in [0.25, 0.3) is 0 Å². The second-order valence-corrected chi connectivity index (χ2v) is 4.16.